The quantitative estimate of drug-likeness (QED) is 0.244. The molecule has 202 valence electrons. The summed E-state index contributed by atoms with van der Waals surface area (Å²) >= 11 is 6.04. The van der Waals surface area contributed by atoms with E-state index in [0.29, 0.717) is 55.3 Å². The maximum Gasteiger partial charge on any atom is 0.290 e. The van der Waals surface area contributed by atoms with E-state index in [-0.39, 0.29) is 24.1 Å². The molecule has 13 heteroatoms. The van der Waals surface area contributed by atoms with E-state index in [2.05, 4.69) is 4.90 Å². The van der Waals surface area contributed by atoms with Gasteiger partial charge in [-0.3, -0.25) is 19.7 Å². The van der Waals surface area contributed by atoms with Crippen molar-refractivity contribution in [2.45, 2.75) is 35.9 Å². The van der Waals surface area contributed by atoms with Crippen LogP contribution in [0.4, 0.5) is 4.39 Å². The number of hydroxylamine groups is 1. The zero-order valence-electron chi connectivity index (χ0n) is 20.1. The van der Waals surface area contributed by atoms with Crippen LogP contribution in [0.2, 0.25) is 5.02 Å². The monoisotopic (exact) mass is 557 g/mol. The van der Waals surface area contributed by atoms with Gasteiger partial charge in [-0.25, -0.2) is 14.1 Å². The Balaban J connectivity index is 0.00000121. The van der Waals surface area contributed by atoms with Crippen molar-refractivity contribution in [2.24, 2.45) is 0 Å². The topological polar surface area (TPSA) is 129 Å². The smallest absolute Gasteiger partial charge is 0.290 e. The zero-order valence-corrected chi connectivity index (χ0v) is 21.7. The number of nitrogens with zero attached hydrogens (tertiary/aromatic N) is 2. The summed E-state index contributed by atoms with van der Waals surface area (Å²) in [6.07, 6.45) is 1.20. The lowest BCUT2D eigenvalue weighted by Gasteiger charge is -2.46. The molecule has 0 aliphatic carbocycles. The Labute approximate surface area is 221 Å². The van der Waals surface area contributed by atoms with Gasteiger partial charge in [-0.2, -0.15) is 4.31 Å². The highest BCUT2D eigenvalue weighted by Gasteiger charge is 2.58. The molecule has 0 radical (unpaired) electrons. The molecule has 2 aliphatic rings. The highest BCUT2D eigenvalue weighted by molar-refractivity contribution is 7.82. The molecule has 2 fully saturated rings. The molecule has 10 nitrogen and oxygen atoms in total. The van der Waals surface area contributed by atoms with Crippen molar-refractivity contribution in [3.63, 3.8) is 0 Å². The number of ether oxygens (including phenoxy) is 2. The number of hydrogen-bond donors (Lipinski definition) is 3. The van der Waals surface area contributed by atoms with Crippen molar-refractivity contribution in [3.05, 3.63) is 58.9 Å². The van der Waals surface area contributed by atoms with E-state index in [1.165, 1.54) is 12.1 Å². The number of nitrogens with one attached hydrogen (secondary N) is 1. The molecule has 0 saturated carbocycles. The highest BCUT2D eigenvalue weighted by Crippen LogP contribution is 2.42. The molecule has 2 bridgehead atoms. The predicted molar refractivity (Wildman–Crippen MR) is 133 cm³/mol. The summed E-state index contributed by atoms with van der Waals surface area (Å²) < 4.78 is 39.5. The summed E-state index contributed by atoms with van der Waals surface area (Å²) in [6, 6.07) is 10.8. The van der Waals surface area contributed by atoms with Crippen LogP contribution >= 0.6 is 11.6 Å². The van der Waals surface area contributed by atoms with Crippen LogP contribution in [0.1, 0.15) is 18.4 Å². The predicted octanol–water partition coefficient (Wildman–Crippen LogP) is 2.45. The van der Waals surface area contributed by atoms with Crippen molar-refractivity contribution in [1.29, 1.82) is 0 Å². The van der Waals surface area contributed by atoms with Gasteiger partial charge in [0.05, 0.1) is 16.5 Å². The van der Waals surface area contributed by atoms with Gasteiger partial charge in [0.2, 0.25) is 0 Å². The average molecular weight is 558 g/mol. The lowest BCUT2D eigenvalue weighted by molar-refractivity contribution is -0.141. The number of halogens is 2. The van der Waals surface area contributed by atoms with E-state index in [9.17, 15) is 18.6 Å². The number of carbonyl (C=O) groups excluding carboxylic acids is 1. The number of amides is 1. The van der Waals surface area contributed by atoms with E-state index in [1.54, 1.807) is 47.2 Å². The Morgan fingerprint density at radius 3 is 2.65 bits per heavy atom. The summed E-state index contributed by atoms with van der Waals surface area (Å²) in [5, 5.41) is 16.6. The number of methoxy groups -OCH3 is 1. The minimum atomic E-state index is -1.62. The Morgan fingerprint density at radius 1 is 1.32 bits per heavy atom. The molecule has 4 rings (SSSR count). The first kappa shape index (κ1) is 29.0. The first-order chi connectivity index (χ1) is 17.8. The Morgan fingerprint density at radius 2 is 2.03 bits per heavy atom. The van der Waals surface area contributed by atoms with Crippen molar-refractivity contribution in [3.8, 4) is 5.75 Å². The van der Waals surface area contributed by atoms with Crippen LogP contribution in [0.5, 0.6) is 5.75 Å². The normalized spacial score (nSPS) is 22.0. The Hall–Kier alpha value is -2.61. The maximum absolute atomic E-state index is 13.6. The zero-order chi connectivity index (χ0) is 27.0. The molecule has 2 aliphatic heterocycles. The third-order valence-corrected chi connectivity index (χ3v) is 8.38. The van der Waals surface area contributed by atoms with Gasteiger partial charge in [0, 0.05) is 38.3 Å². The number of likely N-dealkylation sites (tertiary alicyclic amines) is 1. The first-order valence-corrected chi connectivity index (χ1v) is 12.9. The fourth-order valence-corrected chi connectivity index (χ4v) is 6.48. The number of carboxylic acid groups (broad SMARTS) is 1. The summed E-state index contributed by atoms with van der Waals surface area (Å²) in [4.78, 5) is 23.8. The van der Waals surface area contributed by atoms with Gasteiger partial charge < -0.3 is 14.6 Å². The number of hydrogen-bond acceptors (Lipinski definition) is 7. The second kappa shape index (κ2) is 13.3. The summed E-state index contributed by atoms with van der Waals surface area (Å²) in [6.45, 7) is 2.10. The van der Waals surface area contributed by atoms with E-state index in [0.717, 1.165) is 0 Å². The Bertz CT molecular complexity index is 1110. The van der Waals surface area contributed by atoms with Crippen LogP contribution in [0.3, 0.4) is 0 Å². The molecule has 2 aromatic rings. The van der Waals surface area contributed by atoms with Crippen molar-refractivity contribution in [2.75, 3.05) is 33.4 Å². The molecule has 2 heterocycles. The van der Waals surface area contributed by atoms with Gasteiger partial charge in [-0.05, 0) is 49.2 Å². The molecule has 3 unspecified atom stereocenters. The van der Waals surface area contributed by atoms with Gasteiger partial charge in [0.25, 0.3) is 12.4 Å². The highest BCUT2D eigenvalue weighted by atomic mass is 35.5. The van der Waals surface area contributed by atoms with Crippen molar-refractivity contribution < 1.29 is 38.0 Å². The molecular weight excluding hydrogens is 529 g/mol. The lowest BCUT2D eigenvalue weighted by Crippen LogP contribution is -2.67. The fraction of sp³-hybridized carbons (Fsp3) is 0.417. The van der Waals surface area contributed by atoms with E-state index >= 15 is 0 Å². The summed E-state index contributed by atoms with van der Waals surface area (Å²) in [7, 11) is 0.00371. The first-order valence-electron chi connectivity index (χ1n) is 11.4. The van der Waals surface area contributed by atoms with Gasteiger partial charge in [-0.15, -0.1) is 0 Å². The fourth-order valence-electron chi connectivity index (χ4n) is 4.67. The summed E-state index contributed by atoms with van der Waals surface area (Å²) in [5.41, 5.74) is 1.34. The van der Waals surface area contributed by atoms with Crippen molar-refractivity contribution in [1.82, 2.24) is 14.7 Å². The lowest BCUT2D eigenvalue weighted by atomic mass is 9.96. The van der Waals surface area contributed by atoms with Crippen LogP contribution < -0.4 is 10.2 Å². The third-order valence-electron chi connectivity index (χ3n) is 6.35. The standard InChI is InChI=1S/C23H27ClFN3O5S.CH2O2/c1-32-11-10-27-13-18-8-9-23(15-27,22(29)26-30)28(18)34(31)20-6-4-19(5-7-20)33-14-16-2-3-17(25)12-21(16)24;2-1-3/h2-7,12,18,30H,8-11,13-15H2,1H3,(H,26,29);1H,(H,2,3). The molecular formula is C24H29ClFN3O7S. The van der Waals surface area contributed by atoms with Crippen LogP contribution in [0.25, 0.3) is 0 Å². The number of fused-ring (bicyclic) bond motifs is 2. The number of benzene rings is 2. The van der Waals surface area contributed by atoms with Gasteiger partial charge in [0.15, 0.2) is 0 Å². The molecule has 2 saturated heterocycles. The molecule has 3 atom stereocenters. The van der Waals surface area contributed by atoms with Crippen LogP contribution in [-0.4, -0.2) is 81.0 Å². The minimum Gasteiger partial charge on any atom is -0.489 e. The number of carbonyl (C=O) groups is 2. The second-order valence-corrected chi connectivity index (χ2v) is 10.3. The van der Waals surface area contributed by atoms with Gasteiger partial charge in [0.1, 0.15) is 34.7 Å². The SMILES string of the molecule is COCCN1CC2CCC(C(=O)NO)(C1)N2S(=O)c1ccc(OCc2ccc(F)cc2Cl)cc1.O=CO. The summed E-state index contributed by atoms with van der Waals surface area (Å²) in [5.74, 6) is -0.431. The average Bonchev–Trinajstić information content (AvgIpc) is 3.14. The maximum atomic E-state index is 13.6. The largest absolute Gasteiger partial charge is 0.489 e. The van der Waals surface area contributed by atoms with E-state index in [4.69, 9.17) is 31.0 Å². The molecule has 2 aromatic carbocycles. The molecule has 37 heavy (non-hydrogen) atoms. The van der Waals surface area contributed by atoms with Gasteiger partial charge in [-0.1, -0.05) is 17.7 Å². The minimum absolute atomic E-state index is 0.0970. The number of piperazine rings is 1. The molecule has 0 aromatic heterocycles. The van der Waals surface area contributed by atoms with Crippen LogP contribution in [-0.2, 0) is 31.9 Å². The number of rotatable bonds is 9. The second-order valence-electron chi connectivity index (χ2n) is 8.57. The van der Waals surface area contributed by atoms with E-state index < -0.39 is 28.2 Å². The van der Waals surface area contributed by atoms with Crippen LogP contribution in [0, 0.1) is 5.82 Å². The molecule has 3 N–H and O–H groups in total. The third kappa shape index (κ3) is 6.64. The van der Waals surface area contributed by atoms with E-state index in [1.807, 2.05) is 0 Å². The Kier molecular flexibility index (Phi) is 10.4. The molecule has 0 spiro atoms. The van der Waals surface area contributed by atoms with Crippen molar-refractivity contribution >= 4 is 35.0 Å². The van der Waals surface area contributed by atoms with Gasteiger partial charge >= 0.3 is 0 Å². The van der Waals surface area contributed by atoms with Crippen LogP contribution in [0.15, 0.2) is 47.4 Å². The molecule has 1 amide bonds.